The molecule has 1 saturated carbocycles. The first-order valence-corrected chi connectivity index (χ1v) is 11.2. The van der Waals surface area contributed by atoms with E-state index in [1.807, 2.05) is 0 Å². The summed E-state index contributed by atoms with van der Waals surface area (Å²) in [5.74, 6) is 0.707. The summed E-state index contributed by atoms with van der Waals surface area (Å²) in [5, 5.41) is 0. The van der Waals surface area contributed by atoms with Gasteiger partial charge in [0.05, 0.1) is 11.1 Å². The summed E-state index contributed by atoms with van der Waals surface area (Å²) >= 11 is 0. The van der Waals surface area contributed by atoms with Crippen molar-refractivity contribution in [1.82, 2.24) is 4.90 Å². The molecule has 2 atom stereocenters. The van der Waals surface area contributed by atoms with Crippen LogP contribution < -0.4 is 4.90 Å². The van der Waals surface area contributed by atoms with Crippen molar-refractivity contribution in [3.63, 3.8) is 0 Å². The predicted octanol–water partition coefficient (Wildman–Crippen LogP) is 6.74. The maximum Gasteiger partial charge on any atom is 0.113 e. The Morgan fingerprint density at radius 3 is 2.28 bits per heavy atom. The summed E-state index contributed by atoms with van der Waals surface area (Å²) in [6, 6.07) is 19.9. The van der Waals surface area contributed by atoms with Gasteiger partial charge in [0, 0.05) is 17.6 Å². The molecule has 0 radical (unpaired) electrons. The number of para-hydroxylation sites is 1. The lowest BCUT2D eigenvalue weighted by Crippen LogP contribution is -2.44. The average Bonchev–Trinajstić information content (AvgIpc) is 3.26. The van der Waals surface area contributed by atoms with Crippen LogP contribution in [0, 0.1) is 12.8 Å². The lowest BCUT2D eigenvalue weighted by Gasteiger charge is -2.40. The fourth-order valence-electron chi connectivity index (χ4n) is 5.92. The van der Waals surface area contributed by atoms with Crippen molar-refractivity contribution in [2.45, 2.75) is 64.5 Å². The molecule has 1 aliphatic carbocycles. The Morgan fingerprint density at radius 1 is 0.862 bits per heavy atom. The Bertz CT molecular complexity index is 952. The number of anilines is 1. The first kappa shape index (κ1) is 18.5. The van der Waals surface area contributed by atoms with E-state index in [1.165, 1.54) is 60.3 Å². The molecule has 5 rings (SSSR count). The third-order valence-corrected chi connectivity index (χ3v) is 7.39. The van der Waals surface area contributed by atoms with E-state index in [0.717, 1.165) is 0 Å². The van der Waals surface area contributed by atoms with Gasteiger partial charge in [-0.15, -0.1) is 0 Å². The number of benzene rings is 2. The Labute approximate surface area is 175 Å². The zero-order valence-electron chi connectivity index (χ0n) is 17.9. The normalized spacial score (nSPS) is 27.1. The number of rotatable bonds is 3. The van der Waals surface area contributed by atoms with Gasteiger partial charge in [-0.25, -0.2) is 0 Å². The fraction of sp³-hybridized carbons (Fsp3) is 0.407. The van der Waals surface area contributed by atoms with Gasteiger partial charge < -0.3 is 9.80 Å². The molecule has 0 aromatic heterocycles. The lowest BCUT2D eigenvalue weighted by atomic mass is 9.80. The smallest absolute Gasteiger partial charge is 0.113 e. The highest BCUT2D eigenvalue weighted by atomic mass is 15.4. The number of nitrogens with zero attached hydrogens (tertiary/aromatic N) is 2. The lowest BCUT2D eigenvalue weighted by molar-refractivity contribution is 0.209. The maximum atomic E-state index is 2.66. The quantitative estimate of drug-likeness (QED) is 0.578. The van der Waals surface area contributed by atoms with Crippen LogP contribution in [0.15, 0.2) is 78.3 Å². The van der Waals surface area contributed by atoms with Crippen LogP contribution in [0.1, 0.15) is 57.1 Å². The van der Waals surface area contributed by atoms with Gasteiger partial charge >= 0.3 is 0 Å². The number of fused-ring (bicyclic) bond motifs is 1. The van der Waals surface area contributed by atoms with Crippen LogP contribution in [0.5, 0.6) is 0 Å². The first-order valence-electron chi connectivity index (χ1n) is 11.2. The van der Waals surface area contributed by atoms with Gasteiger partial charge in [0.25, 0.3) is 0 Å². The molecule has 2 unspecified atom stereocenters. The van der Waals surface area contributed by atoms with E-state index in [4.69, 9.17) is 0 Å². The monoisotopic (exact) mass is 384 g/mol. The van der Waals surface area contributed by atoms with Gasteiger partial charge in [-0.3, -0.25) is 0 Å². The zero-order chi connectivity index (χ0) is 20.0. The number of hydrogen-bond donors (Lipinski definition) is 0. The Morgan fingerprint density at radius 2 is 1.55 bits per heavy atom. The molecular formula is C27H32N2. The van der Waals surface area contributed by atoms with E-state index in [2.05, 4.69) is 97.4 Å². The highest BCUT2D eigenvalue weighted by Crippen LogP contribution is 2.52. The van der Waals surface area contributed by atoms with Crippen LogP contribution in [0.2, 0.25) is 0 Å². The van der Waals surface area contributed by atoms with E-state index >= 15 is 0 Å². The van der Waals surface area contributed by atoms with Crippen molar-refractivity contribution in [2.75, 3.05) is 4.90 Å². The molecule has 0 N–H and O–H groups in total. The van der Waals surface area contributed by atoms with Crippen molar-refractivity contribution < 1.29 is 0 Å². The molecule has 2 aromatic rings. The Hall–Kier alpha value is -2.48. The van der Waals surface area contributed by atoms with Gasteiger partial charge in [0.2, 0.25) is 0 Å². The van der Waals surface area contributed by atoms with E-state index in [9.17, 15) is 0 Å². The topological polar surface area (TPSA) is 6.48 Å². The summed E-state index contributed by atoms with van der Waals surface area (Å²) in [7, 11) is 0. The summed E-state index contributed by atoms with van der Waals surface area (Å²) in [5.41, 5.74) is 6.90. The second-order valence-corrected chi connectivity index (χ2v) is 9.19. The summed E-state index contributed by atoms with van der Waals surface area (Å²) in [6.07, 6.45) is 12.0. The molecule has 2 aliphatic heterocycles. The van der Waals surface area contributed by atoms with Crippen LogP contribution >= 0.6 is 0 Å². The van der Waals surface area contributed by atoms with Crippen molar-refractivity contribution in [3.05, 3.63) is 89.4 Å². The van der Waals surface area contributed by atoms with Crippen molar-refractivity contribution in [1.29, 1.82) is 0 Å². The standard InChI is InChI=1S/C27H32N2/c1-20-12-10-11-17-24(20)29-21(2)25-27(3,23-15-8-5-9-16-23)18-19-28(25)26(29)22-13-6-4-7-14-22/h5,8-12,15-19,22,26H,4,6-7,13-14H2,1-3H3. The molecular weight excluding hydrogens is 352 g/mol. The zero-order valence-corrected chi connectivity index (χ0v) is 17.9. The van der Waals surface area contributed by atoms with E-state index in [0.29, 0.717) is 12.1 Å². The molecule has 3 aliphatic rings. The van der Waals surface area contributed by atoms with Gasteiger partial charge in [-0.2, -0.15) is 0 Å². The summed E-state index contributed by atoms with van der Waals surface area (Å²) in [4.78, 5) is 5.27. The number of allylic oxidation sites excluding steroid dienone is 2. The fourth-order valence-corrected chi connectivity index (χ4v) is 5.92. The highest BCUT2D eigenvalue weighted by molar-refractivity contribution is 5.64. The molecule has 0 saturated heterocycles. The van der Waals surface area contributed by atoms with Gasteiger partial charge in [-0.1, -0.05) is 73.9 Å². The molecule has 0 bridgehead atoms. The molecule has 0 amide bonds. The molecule has 2 aromatic carbocycles. The molecule has 2 heteroatoms. The van der Waals surface area contributed by atoms with E-state index in [-0.39, 0.29) is 5.41 Å². The maximum absolute atomic E-state index is 2.66. The van der Waals surface area contributed by atoms with Crippen molar-refractivity contribution >= 4 is 5.69 Å². The molecule has 2 nitrogen and oxygen atoms in total. The minimum atomic E-state index is -0.0737. The van der Waals surface area contributed by atoms with Gasteiger partial charge in [0.15, 0.2) is 0 Å². The second-order valence-electron chi connectivity index (χ2n) is 9.19. The van der Waals surface area contributed by atoms with E-state index < -0.39 is 0 Å². The third-order valence-electron chi connectivity index (χ3n) is 7.39. The van der Waals surface area contributed by atoms with Crippen LogP contribution in [-0.4, -0.2) is 11.1 Å². The highest BCUT2D eigenvalue weighted by Gasteiger charge is 2.49. The van der Waals surface area contributed by atoms with Crippen LogP contribution in [0.3, 0.4) is 0 Å². The molecule has 1 fully saturated rings. The van der Waals surface area contributed by atoms with Crippen LogP contribution in [-0.2, 0) is 5.41 Å². The molecule has 0 spiro atoms. The van der Waals surface area contributed by atoms with Gasteiger partial charge in [0.1, 0.15) is 6.17 Å². The summed E-state index contributed by atoms with van der Waals surface area (Å²) in [6.45, 7) is 6.98. The van der Waals surface area contributed by atoms with E-state index in [1.54, 1.807) is 0 Å². The minimum Gasteiger partial charge on any atom is -0.328 e. The predicted molar refractivity (Wildman–Crippen MR) is 121 cm³/mol. The molecule has 2 heterocycles. The van der Waals surface area contributed by atoms with Crippen molar-refractivity contribution in [3.8, 4) is 0 Å². The Kier molecular flexibility index (Phi) is 4.53. The van der Waals surface area contributed by atoms with Crippen LogP contribution in [0.4, 0.5) is 5.69 Å². The Balaban J connectivity index is 1.65. The first-order chi connectivity index (χ1) is 14.1. The molecule has 29 heavy (non-hydrogen) atoms. The average molecular weight is 385 g/mol. The van der Waals surface area contributed by atoms with Crippen molar-refractivity contribution in [2.24, 2.45) is 5.92 Å². The minimum absolute atomic E-state index is 0.0737. The SMILES string of the molecule is CC1=C2N(C=CC2(C)c2ccccc2)C(C2CCCCC2)N1c1ccccc1C. The number of hydrogen-bond acceptors (Lipinski definition) is 2. The second kappa shape index (κ2) is 7.09. The largest absolute Gasteiger partial charge is 0.328 e. The molecule has 150 valence electrons. The van der Waals surface area contributed by atoms with Gasteiger partial charge in [-0.05, 0) is 56.7 Å². The third kappa shape index (κ3) is 2.84. The van der Waals surface area contributed by atoms with Crippen LogP contribution in [0.25, 0.3) is 0 Å². The summed E-state index contributed by atoms with van der Waals surface area (Å²) < 4.78 is 0. The number of aryl methyl sites for hydroxylation is 1.